The SMILES string of the molecule is CNC(=O)C(C#N)=Cc1c(N2CCN(C)CC2)nc2ccccn2c1=O. The Hall–Kier alpha value is -3.18. The molecule has 1 saturated heterocycles. The minimum atomic E-state index is -0.533. The highest BCUT2D eigenvalue weighted by Crippen LogP contribution is 2.20. The third kappa shape index (κ3) is 3.30. The second-order valence-electron chi connectivity index (χ2n) is 6.12. The molecule has 0 spiro atoms. The lowest BCUT2D eigenvalue weighted by molar-refractivity contribution is -0.116. The first-order valence-electron chi connectivity index (χ1n) is 8.34. The molecule has 0 unspecified atom stereocenters. The first-order chi connectivity index (χ1) is 12.5. The number of nitrogens with zero attached hydrogens (tertiary/aromatic N) is 5. The average Bonchev–Trinajstić information content (AvgIpc) is 2.67. The van der Waals surface area contributed by atoms with E-state index in [1.54, 1.807) is 18.3 Å². The van der Waals surface area contributed by atoms with Crippen molar-refractivity contribution in [2.45, 2.75) is 0 Å². The van der Waals surface area contributed by atoms with E-state index in [1.165, 1.54) is 17.5 Å². The van der Waals surface area contributed by atoms with Gasteiger partial charge in [0.2, 0.25) is 0 Å². The maximum absolute atomic E-state index is 13.0. The molecule has 8 heteroatoms. The number of hydrogen-bond donors (Lipinski definition) is 1. The summed E-state index contributed by atoms with van der Waals surface area (Å²) in [7, 11) is 3.49. The van der Waals surface area contributed by atoms with E-state index in [1.807, 2.05) is 24.1 Å². The number of carbonyl (C=O) groups excluding carboxylic acids is 1. The van der Waals surface area contributed by atoms with Crippen LogP contribution in [0, 0.1) is 11.3 Å². The van der Waals surface area contributed by atoms with E-state index in [9.17, 15) is 14.9 Å². The predicted octanol–water partition coefficient (Wildman–Crippen LogP) is 0.0993. The van der Waals surface area contributed by atoms with Crippen molar-refractivity contribution in [1.82, 2.24) is 19.6 Å². The van der Waals surface area contributed by atoms with Crippen LogP contribution < -0.4 is 15.8 Å². The molecule has 0 radical (unpaired) electrons. The molecular weight excluding hydrogens is 332 g/mol. The number of anilines is 1. The molecule has 0 bridgehead atoms. The van der Waals surface area contributed by atoms with Crippen LogP contribution in [-0.2, 0) is 4.79 Å². The Morgan fingerprint density at radius 2 is 2.04 bits per heavy atom. The van der Waals surface area contributed by atoms with Gasteiger partial charge in [-0.15, -0.1) is 0 Å². The van der Waals surface area contributed by atoms with Gasteiger partial charge in [-0.25, -0.2) is 4.98 Å². The number of carbonyl (C=O) groups is 1. The summed E-state index contributed by atoms with van der Waals surface area (Å²) >= 11 is 0. The van der Waals surface area contributed by atoms with Crippen molar-refractivity contribution in [1.29, 1.82) is 5.26 Å². The fourth-order valence-corrected chi connectivity index (χ4v) is 2.90. The third-order valence-corrected chi connectivity index (χ3v) is 4.43. The second-order valence-corrected chi connectivity index (χ2v) is 6.12. The molecule has 1 fully saturated rings. The van der Waals surface area contributed by atoms with E-state index < -0.39 is 5.91 Å². The van der Waals surface area contributed by atoms with Crippen molar-refractivity contribution in [2.24, 2.45) is 0 Å². The summed E-state index contributed by atoms with van der Waals surface area (Å²) in [5.74, 6) is -0.0275. The van der Waals surface area contributed by atoms with Crippen LogP contribution in [0.2, 0.25) is 0 Å². The number of hydrogen-bond acceptors (Lipinski definition) is 6. The smallest absolute Gasteiger partial charge is 0.267 e. The Kier molecular flexibility index (Phi) is 5.00. The van der Waals surface area contributed by atoms with Crippen molar-refractivity contribution >= 4 is 23.4 Å². The molecule has 134 valence electrons. The molecule has 1 aliphatic heterocycles. The number of nitrogens with one attached hydrogen (secondary N) is 1. The Bertz CT molecular complexity index is 964. The highest BCUT2D eigenvalue weighted by Gasteiger charge is 2.22. The molecule has 1 amide bonds. The zero-order valence-electron chi connectivity index (χ0n) is 14.8. The summed E-state index contributed by atoms with van der Waals surface area (Å²) in [5.41, 5.74) is 0.347. The van der Waals surface area contributed by atoms with Crippen LogP contribution in [0.4, 0.5) is 5.82 Å². The van der Waals surface area contributed by atoms with Gasteiger partial charge in [-0.2, -0.15) is 5.26 Å². The number of likely N-dealkylation sites (N-methyl/N-ethyl adjacent to an activating group) is 2. The van der Waals surface area contributed by atoms with Crippen molar-refractivity contribution in [3.05, 3.63) is 45.9 Å². The maximum atomic E-state index is 13.0. The molecule has 1 aliphatic rings. The maximum Gasteiger partial charge on any atom is 0.267 e. The van der Waals surface area contributed by atoms with Gasteiger partial charge in [0.15, 0.2) is 0 Å². The highest BCUT2D eigenvalue weighted by molar-refractivity contribution is 6.02. The molecule has 0 aromatic carbocycles. The zero-order chi connectivity index (χ0) is 18.7. The molecule has 0 saturated carbocycles. The van der Waals surface area contributed by atoms with E-state index in [0.29, 0.717) is 24.6 Å². The Balaban J connectivity index is 2.21. The minimum Gasteiger partial charge on any atom is -0.354 e. The number of aromatic nitrogens is 2. The fraction of sp³-hybridized carbons (Fsp3) is 0.333. The van der Waals surface area contributed by atoms with Crippen LogP contribution in [0.15, 0.2) is 34.8 Å². The van der Waals surface area contributed by atoms with Crippen molar-refractivity contribution in [2.75, 3.05) is 45.2 Å². The quantitative estimate of drug-likeness (QED) is 0.622. The van der Waals surface area contributed by atoms with Crippen LogP contribution in [-0.4, -0.2) is 60.5 Å². The van der Waals surface area contributed by atoms with Gasteiger partial charge >= 0.3 is 0 Å². The average molecular weight is 352 g/mol. The third-order valence-electron chi connectivity index (χ3n) is 4.43. The van der Waals surface area contributed by atoms with Gasteiger partial charge < -0.3 is 15.1 Å². The van der Waals surface area contributed by atoms with Crippen LogP contribution in [0.3, 0.4) is 0 Å². The fourth-order valence-electron chi connectivity index (χ4n) is 2.90. The van der Waals surface area contributed by atoms with Crippen molar-refractivity contribution in [3.8, 4) is 6.07 Å². The number of pyridine rings is 1. The lowest BCUT2D eigenvalue weighted by atomic mass is 10.1. The number of piperazine rings is 1. The van der Waals surface area contributed by atoms with Crippen LogP contribution in [0.1, 0.15) is 5.56 Å². The van der Waals surface area contributed by atoms with Crippen molar-refractivity contribution in [3.63, 3.8) is 0 Å². The monoisotopic (exact) mass is 352 g/mol. The van der Waals surface area contributed by atoms with Gasteiger partial charge in [-0.1, -0.05) is 6.07 Å². The lowest BCUT2D eigenvalue weighted by Crippen LogP contribution is -2.45. The number of fused-ring (bicyclic) bond motifs is 1. The van der Waals surface area contributed by atoms with Gasteiger partial charge in [0.1, 0.15) is 23.1 Å². The molecule has 2 aromatic rings. The van der Waals surface area contributed by atoms with Gasteiger partial charge in [0.05, 0.1) is 5.56 Å². The largest absolute Gasteiger partial charge is 0.354 e. The van der Waals surface area contributed by atoms with Crippen LogP contribution in [0.5, 0.6) is 0 Å². The normalized spacial score (nSPS) is 15.7. The van der Waals surface area contributed by atoms with Crippen LogP contribution in [0.25, 0.3) is 11.7 Å². The Labute approximate surface area is 151 Å². The lowest BCUT2D eigenvalue weighted by Gasteiger charge is -2.34. The van der Waals surface area contributed by atoms with E-state index in [4.69, 9.17) is 0 Å². The van der Waals surface area contributed by atoms with Crippen molar-refractivity contribution < 1.29 is 4.79 Å². The number of amides is 1. The van der Waals surface area contributed by atoms with Gasteiger partial charge in [0.25, 0.3) is 11.5 Å². The summed E-state index contributed by atoms with van der Waals surface area (Å²) < 4.78 is 1.42. The number of nitriles is 1. The van der Waals surface area contributed by atoms with Crippen LogP contribution >= 0.6 is 0 Å². The topological polar surface area (TPSA) is 93.7 Å². The molecule has 0 aliphatic carbocycles. The minimum absolute atomic E-state index is 0.127. The Morgan fingerprint density at radius 1 is 1.31 bits per heavy atom. The summed E-state index contributed by atoms with van der Waals surface area (Å²) in [5, 5.41) is 11.7. The van der Waals surface area contributed by atoms with E-state index in [0.717, 1.165) is 13.1 Å². The molecular formula is C18H20N6O2. The zero-order valence-corrected chi connectivity index (χ0v) is 14.8. The Morgan fingerprint density at radius 3 is 2.69 bits per heavy atom. The van der Waals surface area contributed by atoms with E-state index in [2.05, 4.69) is 15.2 Å². The molecule has 2 aromatic heterocycles. The molecule has 8 nitrogen and oxygen atoms in total. The summed E-state index contributed by atoms with van der Waals surface area (Å²) in [6.07, 6.45) is 2.96. The van der Waals surface area contributed by atoms with Gasteiger partial charge in [-0.3, -0.25) is 14.0 Å². The molecule has 3 heterocycles. The second kappa shape index (κ2) is 7.37. The molecule has 0 atom stereocenters. The first kappa shape index (κ1) is 17.6. The van der Waals surface area contributed by atoms with E-state index in [-0.39, 0.29) is 16.7 Å². The summed E-state index contributed by atoms with van der Waals surface area (Å²) in [4.78, 5) is 33.8. The van der Waals surface area contributed by atoms with Gasteiger partial charge in [-0.05, 0) is 25.3 Å². The molecule has 26 heavy (non-hydrogen) atoms. The molecule has 1 N–H and O–H groups in total. The van der Waals surface area contributed by atoms with Gasteiger partial charge in [0, 0.05) is 39.4 Å². The number of rotatable bonds is 3. The first-order valence-corrected chi connectivity index (χ1v) is 8.34. The van der Waals surface area contributed by atoms with E-state index >= 15 is 0 Å². The highest BCUT2D eigenvalue weighted by atomic mass is 16.1. The predicted molar refractivity (Wildman–Crippen MR) is 98.8 cm³/mol. The molecule has 3 rings (SSSR count). The standard InChI is InChI=1S/C18H20N6O2/c1-20-17(25)13(12-19)11-14-16(23-9-7-22(2)8-10-23)21-15-5-3-4-6-24(15)18(14)26/h3-6,11H,7-10H2,1-2H3,(H,20,25). The summed E-state index contributed by atoms with van der Waals surface area (Å²) in [6, 6.07) is 7.18. The summed E-state index contributed by atoms with van der Waals surface area (Å²) in [6.45, 7) is 3.13.